The van der Waals surface area contributed by atoms with Crippen molar-refractivity contribution in [3.8, 4) is 55.6 Å². The van der Waals surface area contributed by atoms with Crippen molar-refractivity contribution in [2.45, 2.75) is 18.8 Å². The van der Waals surface area contributed by atoms with Gasteiger partial charge in [-0.3, -0.25) is 0 Å². The fourth-order valence-electron chi connectivity index (χ4n) is 9.20. The molecule has 2 aliphatic rings. The standard InChI is InChI=1S/C50H33NS/c1-2-48-51-49-42(28-35(30-47(49)52-48)31-22-24-33(25-23-31)37-18-11-13-32-12-3-4-14-36(32)37)34-26-27-41-40-17-7-10-21-45(40)50(46(41)29-34)43-19-8-5-15-38(43)39-16-6-9-20-44(39)50/h3-30H,2H2,1H3. The lowest BCUT2D eigenvalue weighted by Crippen LogP contribution is -2.25. The average Bonchev–Trinajstić information content (AvgIpc) is 3.87. The number of aromatic nitrogens is 1. The highest BCUT2D eigenvalue weighted by Gasteiger charge is 2.51. The van der Waals surface area contributed by atoms with Crippen LogP contribution < -0.4 is 0 Å². The Hall–Kier alpha value is -6.09. The van der Waals surface area contributed by atoms with E-state index in [1.54, 1.807) is 0 Å². The summed E-state index contributed by atoms with van der Waals surface area (Å²) >= 11 is 1.82. The van der Waals surface area contributed by atoms with Gasteiger partial charge in [0.05, 0.1) is 20.6 Å². The molecule has 0 bridgehead atoms. The van der Waals surface area contributed by atoms with E-state index in [-0.39, 0.29) is 5.41 Å². The molecule has 0 atom stereocenters. The minimum atomic E-state index is -0.375. The van der Waals surface area contributed by atoms with Gasteiger partial charge >= 0.3 is 0 Å². The highest BCUT2D eigenvalue weighted by Crippen LogP contribution is 2.63. The van der Waals surface area contributed by atoms with Crippen molar-refractivity contribution >= 4 is 32.3 Å². The molecule has 0 radical (unpaired) electrons. The molecule has 9 aromatic rings. The van der Waals surface area contributed by atoms with Crippen LogP contribution in [-0.4, -0.2) is 4.98 Å². The van der Waals surface area contributed by atoms with Gasteiger partial charge in [-0.25, -0.2) is 4.98 Å². The molecule has 11 rings (SSSR count). The molecule has 244 valence electrons. The first-order chi connectivity index (χ1) is 25.7. The van der Waals surface area contributed by atoms with Crippen LogP contribution in [0.25, 0.3) is 76.6 Å². The lowest BCUT2D eigenvalue weighted by Gasteiger charge is -2.30. The molecule has 0 aliphatic heterocycles. The maximum absolute atomic E-state index is 5.24. The number of hydrogen-bond donors (Lipinski definition) is 0. The number of rotatable bonds is 4. The monoisotopic (exact) mass is 679 g/mol. The number of thiazole rings is 1. The molecule has 0 saturated heterocycles. The highest BCUT2D eigenvalue weighted by atomic mass is 32.1. The van der Waals surface area contributed by atoms with E-state index in [0.717, 1.165) is 11.9 Å². The van der Waals surface area contributed by atoms with Crippen LogP contribution in [0.3, 0.4) is 0 Å². The zero-order valence-corrected chi connectivity index (χ0v) is 29.5. The molecule has 52 heavy (non-hydrogen) atoms. The Morgan fingerprint density at radius 2 is 1.00 bits per heavy atom. The summed E-state index contributed by atoms with van der Waals surface area (Å²) in [6, 6.07) is 63.3. The fraction of sp³-hybridized carbons (Fsp3) is 0.0600. The largest absolute Gasteiger partial charge is 0.241 e. The van der Waals surface area contributed by atoms with Crippen molar-refractivity contribution in [3.05, 3.63) is 197 Å². The molecule has 2 heteroatoms. The van der Waals surface area contributed by atoms with Gasteiger partial charge in [0.15, 0.2) is 0 Å². The molecule has 0 saturated carbocycles. The third kappa shape index (κ3) is 4.07. The van der Waals surface area contributed by atoms with Crippen molar-refractivity contribution in [2.24, 2.45) is 0 Å². The lowest BCUT2D eigenvalue weighted by molar-refractivity contribution is 0.794. The average molecular weight is 680 g/mol. The zero-order chi connectivity index (χ0) is 34.4. The molecule has 1 nitrogen and oxygen atoms in total. The second kappa shape index (κ2) is 11.2. The van der Waals surface area contributed by atoms with Crippen molar-refractivity contribution in [1.82, 2.24) is 4.98 Å². The summed E-state index contributed by atoms with van der Waals surface area (Å²) < 4.78 is 1.23. The molecule has 8 aromatic carbocycles. The van der Waals surface area contributed by atoms with Crippen LogP contribution >= 0.6 is 11.3 Å². The van der Waals surface area contributed by atoms with Gasteiger partial charge < -0.3 is 0 Å². The van der Waals surface area contributed by atoms with Crippen molar-refractivity contribution in [2.75, 3.05) is 0 Å². The van der Waals surface area contributed by atoms with E-state index in [1.165, 1.54) is 98.4 Å². The number of hydrogen-bond acceptors (Lipinski definition) is 2. The maximum atomic E-state index is 5.24. The third-order valence-corrected chi connectivity index (χ3v) is 12.6. The predicted molar refractivity (Wildman–Crippen MR) is 219 cm³/mol. The van der Waals surface area contributed by atoms with Gasteiger partial charge in [-0.1, -0.05) is 159 Å². The summed E-state index contributed by atoms with van der Waals surface area (Å²) in [6.07, 6.45) is 0.921. The summed E-state index contributed by atoms with van der Waals surface area (Å²) in [6.45, 7) is 2.20. The molecule has 2 aliphatic carbocycles. The summed E-state index contributed by atoms with van der Waals surface area (Å²) in [4.78, 5) is 5.24. The Morgan fingerprint density at radius 1 is 0.442 bits per heavy atom. The van der Waals surface area contributed by atoms with Gasteiger partial charge in [-0.15, -0.1) is 11.3 Å². The summed E-state index contributed by atoms with van der Waals surface area (Å²) in [5, 5.41) is 3.71. The first-order valence-electron chi connectivity index (χ1n) is 18.2. The van der Waals surface area contributed by atoms with Crippen LogP contribution in [0.15, 0.2) is 170 Å². The fourth-order valence-corrected chi connectivity index (χ4v) is 10.2. The number of nitrogens with zero attached hydrogens (tertiary/aromatic N) is 1. The van der Waals surface area contributed by atoms with Crippen LogP contribution in [0.4, 0.5) is 0 Å². The van der Waals surface area contributed by atoms with Crippen LogP contribution in [0, 0.1) is 0 Å². The van der Waals surface area contributed by atoms with Gasteiger partial charge in [-0.2, -0.15) is 0 Å². The predicted octanol–water partition coefficient (Wildman–Crippen LogP) is 13.4. The molecule has 1 aromatic heterocycles. The third-order valence-electron chi connectivity index (χ3n) is 11.5. The minimum absolute atomic E-state index is 0.375. The van der Waals surface area contributed by atoms with Gasteiger partial charge in [0.25, 0.3) is 0 Å². The first-order valence-corrected chi connectivity index (χ1v) is 19.0. The zero-order valence-electron chi connectivity index (χ0n) is 28.7. The molecule has 0 amide bonds. The minimum Gasteiger partial charge on any atom is -0.241 e. The van der Waals surface area contributed by atoms with E-state index in [1.807, 2.05) is 11.3 Å². The van der Waals surface area contributed by atoms with E-state index in [0.29, 0.717) is 0 Å². The summed E-state index contributed by atoms with van der Waals surface area (Å²) in [5.41, 5.74) is 18.8. The smallest absolute Gasteiger partial charge is 0.0936 e. The summed E-state index contributed by atoms with van der Waals surface area (Å²) in [5.74, 6) is 0. The second-order valence-electron chi connectivity index (χ2n) is 14.1. The molecule has 1 heterocycles. The van der Waals surface area contributed by atoms with Crippen molar-refractivity contribution < 1.29 is 0 Å². The Morgan fingerprint density at radius 3 is 1.69 bits per heavy atom. The van der Waals surface area contributed by atoms with Crippen LogP contribution in [-0.2, 0) is 11.8 Å². The number of aryl methyl sites for hydroxylation is 1. The first kappa shape index (κ1) is 29.6. The van der Waals surface area contributed by atoms with Crippen molar-refractivity contribution in [3.63, 3.8) is 0 Å². The van der Waals surface area contributed by atoms with Gasteiger partial charge in [-0.05, 0) is 108 Å². The lowest BCUT2D eigenvalue weighted by atomic mass is 9.70. The normalized spacial score (nSPS) is 13.3. The van der Waals surface area contributed by atoms with Gasteiger partial charge in [0.2, 0.25) is 0 Å². The van der Waals surface area contributed by atoms with E-state index in [2.05, 4.69) is 177 Å². The van der Waals surface area contributed by atoms with E-state index in [4.69, 9.17) is 4.98 Å². The Kier molecular flexibility index (Phi) is 6.38. The highest BCUT2D eigenvalue weighted by molar-refractivity contribution is 7.18. The maximum Gasteiger partial charge on any atom is 0.0936 e. The Balaban J connectivity index is 1.11. The van der Waals surface area contributed by atoms with E-state index < -0.39 is 0 Å². The molecular formula is C50H33NS. The van der Waals surface area contributed by atoms with E-state index >= 15 is 0 Å². The summed E-state index contributed by atoms with van der Waals surface area (Å²) in [7, 11) is 0. The molecular weight excluding hydrogens is 647 g/mol. The topological polar surface area (TPSA) is 12.9 Å². The number of fused-ring (bicyclic) bond motifs is 12. The SMILES string of the molecule is CCc1nc2c(-c3ccc4c(c3)C3(c5ccccc5-c5ccccc53)c3ccccc3-4)cc(-c3ccc(-c4cccc5ccccc45)cc3)cc2s1. The molecule has 0 unspecified atom stereocenters. The Labute approximate surface area is 307 Å². The molecule has 0 N–H and O–H groups in total. The van der Waals surface area contributed by atoms with Crippen molar-refractivity contribution in [1.29, 1.82) is 0 Å². The van der Waals surface area contributed by atoms with Crippen LogP contribution in [0.5, 0.6) is 0 Å². The quantitative estimate of drug-likeness (QED) is 0.180. The van der Waals surface area contributed by atoms with Gasteiger partial charge in [0.1, 0.15) is 0 Å². The van der Waals surface area contributed by atoms with Gasteiger partial charge in [0, 0.05) is 5.56 Å². The Bertz CT molecular complexity index is 2820. The second-order valence-corrected chi connectivity index (χ2v) is 15.2. The number of benzene rings is 8. The van der Waals surface area contributed by atoms with Crippen LogP contribution in [0.2, 0.25) is 0 Å². The molecule has 1 spiro atoms. The van der Waals surface area contributed by atoms with Crippen LogP contribution in [0.1, 0.15) is 34.2 Å². The molecule has 0 fully saturated rings. The van der Waals surface area contributed by atoms with E-state index in [9.17, 15) is 0 Å².